The molecule has 4 nitrogen and oxygen atoms in total. The summed E-state index contributed by atoms with van der Waals surface area (Å²) in [6, 6.07) is 6.76. The van der Waals surface area contributed by atoms with Crippen LogP contribution in [0.5, 0.6) is 5.75 Å². The fraction of sp³-hybridized carbons (Fsp3) is 0.600. The first kappa shape index (κ1) is 17.2. The van der Waals surface area contributed by atoms with Crippen molar-refractivity contribution < 1.29 is 18.0 Å². The first-order chi connectivity index (χ1) is 9.60. The van der Waals surface area contributed by atoms with Gasteiger partial charge in [0, 0.05) is 25.9 Å². The van der Waals surface area contributed by atoms with Crippen LogP contribution < -0.4 is 4.74 Å². The molecule has 0 aromatic heterocycles. The Morgan fingerprint density at radius 3 is 1.95 bits per heavy atom. The molecule has 0 saturated carbocycles. The third-order valence-electron chi connectivity index (χ3n) is 2.94. The fourth-order valence-electron chi connectivity index (χ4n) is 2.22. The molecule has 0 fully saturated rings. The Kier molecular flexibility index (Phi) is 7.22. The lowest BCUT2D eigenvalue weighted by Crippen LogP contribution is -2.48. The molecule has 1 aromatic rings. The van der Waals surface area contributed by atoms with Crippen molar-refractivity contribution in [1.29, 1.82) is 0 Å². The Hall–Kier alpha value is -0.883. The van der Waals surface area contributed by atoms with Crippen LogP contribution in [-0.2, 0) is 19.3 Å². The number of rotatable bonds is 9. The predicted octanol–water partition coefficient (Wildman–Crippen LogP) is 3.13. The topological polar surface area (TPSA) is 36.9 Å². The fourth-order valence-corrected chi connectivity index (χ4v) is 4.84. The maximum absolute atomic E-state index is 5.89. The van der Waals surface area contributed by atoms with Gasteiger partial charge in [0.15, 0.2) is 0 Å². The van der Waals surface area contributed by atoms with Crippen molar-refractivity contribution in [1.82, 2.24) is 0 Å². The molecule has 0 aliphatic rings. The van der Waals surface area contributed by atoms with Gasteiger partial charge in [-0.3, -0.25) is 0 Å². The van der Waals surface area contributed by atoms with Gasteiger partial charge in [0.05, 0.1) is 7.11 Å². The molecule has 0 heterocycles. The number of hydrogen-bond donors (Lipinski definition) is 0. The highest BCUT2D eigenvalue weighted by Gasteiger charge is 2.41. The largest absolute Gasteiger partial charge is 0.505 e. The third kappa shape index (κ3) is 4.59. The molecule has 0 saturated heterocycles. The van der Waals surface area contributed by atoms with Gasteiger partial charge in [0.25, 0.3) is 0 Å². The first-order valence-electron chi connectivity index (χ1n) is 7.16. The lowest BCUT2D eigenvalue weighted by molar-refractivity contribution is 0.0702. The SMILES string of the molecule is CCO[Si](Cc1cc(C)ccc1OC)(OCC)OCC. The van der Waals surface area contributed by atoms with Crippen molar-refractivity contribution in [2.24, 2.45) is 0 Å². The van der Waals surface area contributed by atoms with E-state index in [-0.39, 0.29) is 0 Å². The Morgan fingerprint density at radius 2 is 1.50 bits per heavy atom. The van der Waals surface area contributed by atoms with Crippen LogP contribution in [0.4, 0.5) is 0 Å². The average Bonchev–Trinajstić information content (AvgIpc) is 2.40. The Balaban J connectivity index is 3.06. The summed E-state index contributed by atoms with van der Waals surface area (Å²) in [6.45, 7) is 9.71. The van der Waals surface area contributed by atoms with E-state index in [1.165, 1.54) is 5.56 Å². The molecule has 0 atom stereocenters. The van der Waals surface area contributed by atoms with E-state index in [4.69, 9.17) is 18.0 Å². The van der Waals surface area contributed by atoms with Crippen molar-refractivity contribution >= 4 is 8.80 Å². The van der Waals surface area contributed by atoms with Crippen LogP contribution in [0.25, 0.3) is 0 Å². The summed E-state index contributed by atoms with van der Waals surface area (Å²) < 4.78 is 23.1. The summed E-state index contributed by atoms with van der Waals surface area (Å²) in [5, 5.41) is 0. The van der Waals surface area contributed by atoms with Crippen molar-refractivity contribution in [3.63, 3.8) is 0 Å². The predicted molar refractivity (Wildman–Crippen MR) is 82.1 cm³/mol. The van der Waals surface area contributed by atoms with Crippen LogP contribution in [-0.4, -0.2) is 35.7 Å². The monoisotopic (exact) mass is 298 g/mol. The van der Waals surface area contributed by atoms with E-state index in [0.29, 0.717) is 25.9 Å². The van der Waals surface area contributed by atoms with Crippen LogP contribution in [0, 0.1) is 6.92 Å². The number of hydrogen-bond acceptors (Lipinski definition) is 4. The quantitative estimate of drug-likeness (QED) is 0.656. The minimum absolute atomic E-state index is 0.584. The highest BCUT2D eigenvalue weighted by molar-refractivity contribution is 6.60. The summed E-state index contributed by atoms with van der Waals surface area (Å²) in [7, 11) is -1.01. The zero-order chi connectivity index (χ0) is 15.0. The molecule has 1 aromatic carbocycles. The number of ether oxygens (including phenoxy) is 1. The van der Waals surface area contributed by atoms with Gasteiger partial charge in [-0.25, -0.2) is 0 Å². The standard InChI is InChI=1S/C15H26O4Si/c1-6-17-20(18-7-2,19-8-3)12-14-11-13(4)9-10-15(14)16-5/h9-11H,6-8,12H2,1-5H3. The normalized spacial score (nSPS) is 11.7. The van der Waals surface area contributed by atoms with Gasteiger partial charge in [-0.15, -0.1) is 0 Å². The number of methoxy groups -OCH3 is 1. The molecule has 0 unspecified atom stereocenters. The molecule has 0 radical (unpaired) electrons. The first-order valence-corrected chi connectivity index (χ1v) is 9.09. The van der Waals surface area contributed by atoms with E-state index in [1.54, 1.807) is 7.11 Å². The Labute approximate surface area is 123 Å². The van der Waals surface area contributed by atoms with Crippen LogP contribution in [0.15, 0.2) is 18.2 Å². The van der Waals surface area contributed by atoms with Crippen LogP contribution >= 0.6 is 0 Å². The van der Waals surface area contributed by atoms with Gasteiger partial charge in [-0.05, 0) is 39.3 Å². The lowest BCUT2D eigenvalue weighted by atomic mass is 10.1. The second kappa shape index (κ2) is 8.41. The Morgan fingerprint density at radius 1 is 0.950 bits per heavy atom. The third-order valence-corrected chi connectivity index (χ3v) is 5.94. The lowest BCUT2D eigenvalue weighted by Gasteiger charge is -2.29. The number of benzene rings is 1. The zero-order valence-corrected chi connectivity index (χ0v) is 14.2. The van der Waals surface area contributed by atoms with Crippen molar-refractivity contribution in [3.05, 3.63) is 29.3 Å². The van der Waals surface area contributed by atoms with Gasteiger partial charge in [0.2, 0.25) is 0 Å². The smallest absolute Gasteiger partial charge is 0.496 e. The average molecular weight is 298 g/mol. The van der Waals surface area contributed by atoms with Crippen molar-refractivity contribution in [2.45, 2.75) is 33.7 Å². The summed E-state index contributed by atoms with van der Waals surface area (Å²) in [6.07, 6.45) is 0. The van der Waals surface area contributed by atoms with Gasteiger partial charge >= 0.3 is 8.80 Å². The molecule has 5 heteroatoms. The van der Waals surface area contributed by atoms with Gasteiger partial charge < -0.3 is 18.0 Å². The molecule has 0 amide bonds. The second-order valence-electron chi connectivity index (χ2n) is 4.47. The summed E-state index contributed by atoms with van der Waals surface area (Å²) in [4.78, 5) is 0. The van der Waals surface area contributed by atoms with Crippen LogP contribution in [0.3, 0.4) is 0 Å². The maximum atomic E-state index is 5.89. The molecule has 0 aliphatic carbocycles. The Bertz CT molecular complexity index is 392. The molecule has 0 bridgehead atoms. The van der Waals surface area contributed by atoms with Crippen molar-refractivity contribution in [2.75, 3.05) is 26.9 Å². The highest BCUT2D eigenvalue weighted by Crippen LogP contribution is 2.25. The molecule has 0 N–H and O–H groups in total. The summed E-state index contributed by atoms with van der Waals surface area (Å²) >= 11 is 0. The number of aryl methyl sites for hydroxylation is 1. The maximum Gasteiger partial charge on any atom is 0.505 e. The second-order valence-corrected chi connectivity index (χ2v) is 7.06. The van der Waals surface area contributed by atoms with E-state index >= 15 is 0 Å². The molecule has 0 spiro atoms. The minimum atomic E-state index is -2.69. The van der Waals surface area contributed by atoms with E-state index in [0.717, 1.165) is 11.3 Å². The minimum Gasteiger partial charge on any atom is -0.496 e. The summed E-state index contributed by atoms with van der Waals surface area (Å²) in [5.74, 6) is 0.853. The van der Waals surface area contributed by atoms with Crippen LogP contribution in [0.2, 0.25) is 0 Å². The molecule has 0 aliphatic heterocycles. The van der Waals surface area contributed by atoms with E-state index < -0.39 is 8.80 Å². The molecule has 20 heavy (non-hydrogen) atoms. The molecule has 114 valence electrons. The molecular formula is C15H26O4Si. The highest BCUT2D eigenvalue weighted by atomic mass is 28.4. The molecule has 1 rings (SSSR count). The van der Waals surface area contributed by atoms with Gasteiger partial charge in [-0.2, -0.15) is 0 Å². The van der Waals surface area contributed by atoms with E-state index in [1.807, 2.05) is 32.9 Å². The van der Waals surface area contributed by atoms with Crippen molar-refractivity contribution in [3.8, 4) is 5.75 Å². The van der Waals surface area contributed by atoms with E-state index in [2.05, 4.69) is 13.0 Å². The van der Waals surface area contributed by atoms with E-state index in [9.17, 15) is 0 Å². The zero-order valence-electron chi connectivity index (χ0n) is 13.2. The van der Waals surface area contributed by atoms with Gasteiger partial charge in [-0.1, -0.05) is 17.7 Å². The summed E-state index contributed by atoms with van der Waals surface area (Å²) in [5.41, 5.74) is 2.27. The molecular weight excluding hydrogens is 272 g/mol. The van der Waals surface area contributed by atoms with Crippen LogP contribution in [0.1, 0.15) is 31.9 Å². The van der Waals surface area contributed by atoms with Gasteiger partial charge in [0.1, 0.15) is 5.75 Å².